The van der Waals surface area contributed by atoms with Crippen LogP contribution in [0.5, 0.6) is 0 Å². The number of amides is 5. The van der Waals surface area contributed by atoms with Crippen LogP contribution in [0.2, 0.25) is 10.0 Å². The van der Waals surface area contributed by atoms with Crippen LogP contribution in [-0.2, 0) is 35.5 Å². The summed E-state index contributed by atoms with van der Waals surface area (Å²) in [4.78, 5) is 57.4. The first kappa shape index (κ1) is 49.4. The Hall–Kier alpha value is -3.71. The molecule has 15 nitrogen and oxygen atoms in total. The van der Waals surface area contributed by atoms with E-state index in [1.54, 1.807) is 72.2 Å². The largest absolute Gasteiger partial charge is 2.00 e. The van der Waals surface area contributed by atoms with Crippen molar-refractivity contribution in [3.05, 3.63) is 99.4 Å². The Bertz CT molecular complexity index is 1920. The zero-order valence-electron chi connectivity index (χ0n) is 32.6. The fraction of sp³-hybridized carbons (Fsp3) is 0.395. The third-order valence-corrected chi connectivity index (χ3v) is 9.24. The number of carbonyl (C=O) groups excluding carboxylic acids is 4. The van der Waals surface area contributed by atoms with Crippen molar-refractivity contribution in [2.75, 3.05) is 51.1 Å². The molecular formula is C38H48BrCl2MgN9O6. The monoisotopic (exact) mass is 899 g/mol. The van der Waals surface area contributed by atoms with Gasteiger partial charge in [0, 0.05) is 96.5 Å². The number of aromatic nitrogens is 4. The number of hydrogen-bond donors (Lipinski definition) is 4. The molecule has 0 atom stereocenters. The summed E-state index contributed by atoms with van der Waals surface area (Å²) in [5.74, 6) is -0.378. The summed E-state index contributed by atoms with van der Waals surface area (Å²) >= 11 is 11.9. The van der Waals surface area contributed by atoms with Gasteiger partial charge in [0.2, 0.25) is 0 Å². The van der Waals surface area contributed by atoms with E-state index in [1.165, 1.54) is 27.0 Å². The van der Waals surface area contributed by atoms with E-state index in [4.69, 9.17) is 32.8 Å². The van der Waals surface area contributed by atoms with Crippen molar-refractivity contribution < 1.29 is 45.7 Å². The molecule has 304 valence electrons. The number of hydroxylamine groups is 2. The average molecular weight is 902 g/mol. The van der Waals surface area contributed by atoms with E-state index >= 15 is 0 Å². The van der Waals surface area contributed by atoms with Crippen LogP contribution >= 0.6 is 23.2 Å². The topological polar surface area (TPSA) is 178 Å². The first-order valence-electron chi connectivity index (χ1n) is 18.0. The number of Topliss-reactive ketones (excluding diaryl/α,β-unsaturated/α-hetero) is 1. The molecule has 0 unspecified atom stereocenters. The molecule has 5 heterocycles. The minimum atomic E-state index is -0.364. The van der Waals surface area contributed by atoms with Gasteiger partial charge in [0.15, 0.2) is 11.5 Å². The summed E-state index contributed by atoms with van der Waals surface area (Å²) < 4.78 is 4.94. The molecule has 19 heteroatoms. The number of anilines is 2. The third-order valence-electron chi connectivity index (χ3n) is 8.77. The second kappa shape index (κ2) is 24.9. The average Bonchev–Trinajstić information content (AvgIpc) is 4.00. The van der Waals surface area contributed by atoms with Crippen LogP contribution in [0.15, 0.2) is 48.5 Å². The van der Waals surface area contributed by atoms with Gasteiger partial charge in [-0.05, 0) is 49.2 Å². The number of urea groups is 2. The van der Waals surface area contributed by atoms with Gasteiger partial charge in [0.05, 0.1) is 20.2 Å². The van der Waals surface area contributed by atoms with Crippen LogP contribution in [0.4, 0.5) is 21.0 Å². The Morgan fingerprint density at radius 2 is 1.30 bits per heavy atom. The van der Waals surface area contributed by atoms with Gasteiger partial charge in [0.1, 0.15) is 5.69 Å². The van der Waals surface area contributed by atoms with E-state index in [2.05, 4.69) is 38.0 Å². The predicted molar refractivity (Wildman–Crippen MR) is 217 cm³/mol. The quantitative estimate of drug-likeness (QED) is 0.0978. The maximum Gasteiger partial charge on any atom is 2.00 e. The Balaban J connectivity index is 0.000000327. The van der Waals surface area contributed by atoms with Crippen molar-refractivity contribution in [1.29, 1.82) is 0 Å². The van der Waals surface area contributed by atoms with Crippen LogP contribution in [0, 0.1) is 6.92 Å². The van der Waals surface area contributed by atoms with Gasteiger partial charge in [-0.15, -0.1) is 0 Å². The minimum absolute atomic E-state index is 0. The summed E-state index contributed by atoms with van der Waals surface area (Å²) in [5, 5.41) is 21.8. The second-order valence-electron chi connectivity index (χ2n) is 12.4. The number of benzene rings is 2. The van der Waals surface area contributed by atoms with Crippen molar-refractivity contribution in [3.63, 3.8) is 0 Å². The predicted octanol–water partition coefficient (Wildman–Crippen LogP) is 3.79. The summed E-state index contributed by atoms with van der Waals surface area (Å²) in [6.07, 6.45) is 4.20. The molecule has 1 fully saturated rings. The summed E-state index contributed by atoms with van der Waals surface area (Å²) in [6, 6.07) is 13.5. The molecule has 0 saturated carbocycles. The molecule has 2 aromatic heterocycles. The molecule has 0 aliphatic carbocycles. The normalized spacial score (nSPS) is 13.5. The molecule has 4 aromatic rings. The van der Waals surface area contributed by atoms with Gasteiger partial charge in [-0.3, -0.25) is 24.6 Å². The number of nitrogens with one attached hydrogen (secondary N) is 4. The number of halogens is 3. The molecule has 57 heavy (non-hydrogen) atoms. The molecule has 4 N–H and O–H groups in total. The van der Waals surface area contributed by atoms with Crippen molar-refractivity contribution in [2.24, 2.45) is 0 Å². The van der Waals surface area contributed by atoms with Crippen molar-refractivity contribution >= 4 is 81.4 Å². The van der Waals surface area contributed by atoms with Crippen molar-refractivity contribution in [1.82, 2.24) is 35.3 Å². The molecule has 7 rings (SSSR count). The Morgan fingerprint density at radius 1 is 0.842 bits per heavy atom. The number of ketones is 1. The Kier molecular flexibility index (Phi) is 21.6. The van der Waals surface area contributed by atoms with E-state index in [0.29, 0.717) is 71.6 Å². The van der Waals surface area contributed by atoms with E-state index < -0.39 is 0 Å². The number of fused-ring (bicyclic) bond motifs is 2. The minimum Gasteiger partial charge on any atom is -1.00 e. The third kappa shape index (κ3) is 14.0. The standard InChI is InChI=1S/C16H18ClN5O3.C16H17ClN4O2.C4H8O.C2H5.BrH.Mg/c1-21(25-2)15(23)14-12-9-22(7-6-13(12)19-20-14)16(24)18-11-5-3-4-10(17)8-11;1-2-14(22)15-12-9-21(7-6-13(12)19-20-15)16(23)18-11-5-3-4-10(17)8-11;1-2-4-5-3-1;1-2;;/h3-5,8H,6-7,9H2,1-2H3,(H,18,24)(H,19,20);3-5,8H,2,6-7,9H2,1H3,(H,18,23)(H,19,20);1-4H2;1H2,2H3;1H;/q;;;-1;;+2/p-1. The fourth-order valence-corrected chi connectivity index (χ4v) is 6.17. The molecule has 1 saturated heterocycles. The molecule has 3 aliphatic heterocycles. The summed E-state index contributed by atoms with van der Waals surface area (Å²) in [7, 11) is 2.91. The molecular weight excluding hydrogens is 854 g/mol. The van der Waals surface area contributed by atoms with Gasteiger partial charge >= 0.3 is 35.1 Å². The first-order chi connectivity index (χ1) is 26.6. The first-order valence-corrected chi connectivity index (χ1v) is 18.7. The van der Waals surface area contributed by atoms with E-state index in [-0.39, 0.29) is 76.0 Å². The number of ether oxygens (including phenoxy) is 1. The maximum atomic E-state index is 12.5. The number of nitrogens with zero attached hydrogens (tertiary/aromatic N) is 5. The Labute approximate surface area is 369 Å². The smallest absolute Gasteiger partial charge is 1.00 e. The zero-order valence-corrected chi connectivity index (χ0v) is 37.1. The molecule has 5 amide bonds. The SMILES string of the molecule is C1CCOC1.CCC(=O)c1n[nH]c2c1CN(C(=O)Nc1cccc(Cl)c1)CC2.CON(C)C(=O)c1n[nH]c2c1CN(C(=O)Nc1cccc(Cl)c1)CC2.[Br-].[CH2-]C.[Mg+2]. The van der Waals surface area contributed by atoms with Crippen LogP contribution in [0.1, 0.15) is 76.6 Å². The number of H-pyrrole nitrogens is 2. The van der Waals surface area contributed by atoms with Gasteiger partial charge in [-0.2, -0.15) is 17.1 Å². The van der Waals surface area contributed by atoms with Crippen LogP contribution in [-0.4, -0.2) is 123 Å². The number of hydrogen-bond acceptors (Lipinski definition) is 8. The van der Waals surface area contributed by atoms with Gasteiger partial charge in [0.25, 0.3) is 5.91 Å². The number of carbonyl (C=O) groups is 4. The van der Waals surface area contributed by atoms with Gasteiger partial charge < -0.3 is 49.1 Å². The number of rotatable bonds is 6. The number of aromatic amines is 2. The Morgan fingerprint density at radius 3 is 1.70 bits per heavy atom. The van der Waals surface area contributed by atoms with Gasteiger partial charge in [-0.1, -0.05) is 42.3 Å². The van der Waals surface area contributed by atoms with Crippen molar-refractivity contribution in [3.8, 4) is 0 Å². The van der Waals surface area contributed by atoms with Crippen LogP contribution in [0.3, 0.4) is 0 Å². The van der Waals surface area contributed by atoms with Gasteiger partial charge in [-0.25, -0.2) is 14.7 Å². The van der Waals surface area contributed by atoms with Crippen LogP contribution in [0.25, 0.3) is 0 Å². The second-order valence-corrected chi connectivity index (χ2v) is 13.2. The van der Waals surface area contributed by atoms with Crippen molar-refractivity contribution in [2.45, 2.75) is 59.0 Å². The molecule has 0 bridgehead atoms. The molecule has 0 radical (unpaired) electrons. The van der Waals surface area contributed by atoms with E-state index in [1.807, 2.05) is 0 Å². The summed E-state index contributed by atoms with van der Waals surface area (Å²) in [5.41, 5.74) is 5.30. The zero-order chi connectivity index (χ0) is 39.9. The molecule has 2 aromatic carbocycles. The van der Waals surface area contributed by atoms with E-state index in [0.717, 1.165) is 35.2 Å². The maximum absolute atomic E-state index is 12.5. The summed E-state index contributed by atoms with van der Waals surface area (Å²) in [6.45, 7) is 10.6. The fourth-order valence-electron chi connectivity index (χ4n) is 5.79. The van der Waals surface area contributed by atoms with Crippen LogP contribution < -0.4 is 27.6 Å². The molecule has 3 aliphatic rings. The molecule has 0 spiro atoms. The van der Waals surface area contributed by atoms with E-state index in [9.17, 15) is 19.2 Å².